The van der Waals surface area contributed by atoms with Crippen LogP contribution in [0.25, 0.3) is 33.5 Å². The first-order chi connectivity index (χ1) is 11.7. The molecule has 0 aliphatic heterocycles. The molecule has 0 amide bonds. The number of nitrogens with zero attached hydrogens (tertiary/aromatic N) is 1. The van der Waals surface area contributed by atoms with Gasteiger partial charge in [0.2, 0.25) is 0 Å². The predicted molar refractivity (Wildman–Crippen MR) is 98.5 cm³/mol. The van der Waals surface area contributed by atoms with Gasteiger partial charge in [0, 0.05) is 17.7 Å². The second-order valence-electron chi connectivity index (χ2n) is 5.53. The zero-order chi connectivity index (χ0) is 16.5. The van der Waals surface area contributed by atoms with Gasteiger partial charge < -0.3 is 9.72 Å². The van der Waals surface area contributed by atoms with Crippen LogP contribution in [0.2, 0.25) is 5.02 Å². The van der Waals surface area contributed by atoms with Crippen LogP contribution in [0.1, 0.15) is 0 Å². The van der Waals surface area contributed by atoms with Crippen molar-refractivity contribution in [2.75, 3.05) is 7.11 Å². The summed E-state index contributed by atoms with van der Waals surface area (Å²) in [5, 5.41) is 0.577. The number of nitrogens with one attached hydrogen (secondary N) is 1. The molecule has 1 aromatic heterocycles. The van der Waals surface area contributed by atoms with E-state index in [1.165, 1.54) is 11.1 Å². The molecule has 1 heterocycles. The first kappa shape index (κ1) is 14.8. The maximum Gasteiger partial charge on any atom is 0.138 e. The molecule has 4 rings (SSSR count). The summed E-state index contributed by atoms with van der Waals surface area (Å²) in [6.45, 7) is 0. The van der Waals surface area contributed by atoms with Crippen LogP contribution in [-0.4, -0.2) is 17.1 Å². The van der Waals surface area contributed by atoms with Gasteiger partial charge in [0.05, 0.1) is 17.6 Å². The lowest BCUT2D eigenvalue weighted by Gasteiger charge is -2.02. The van der Waals surface area contributed by atoms with E-state index in [0.29, 0.717) is 10.8 Å². The van der Waals surface area contributed by atoms with Crippen LogP contribution < -0.4 is 4.74 Å². The minimum atomic E-state index is 0.577. The lowest BCUT2D eigenvalue weighted by atomic mass is 10.0. The number of imidazole rings is 1. The maximum atomic E-state index is 6.28. The van der Waals surface area contributed by atoms with Gasteiger partial charge in [-0.3, -0.25) is 0 Å². The fourth-order valence-corrected chi connectivity index (χ4v) is 3.01. The molecule has 0 aliphatic carbocycles. The Morgan fingerprint density at radius 2 is 1.54 bits per heavy atom. The van der Waals surface area contributed by atoms with Crippen LogP contribution in [0.3, 0.4) is 0 Å². The number of benzene rings is 3. The summed E-state index contributed by atoms with van der Waals surface area (Å²) in [6.07, 6.45) is 0. The Morgan fingerprint density at radius 3 is 2.25 bits per heavy atom. The molecule has 0 atom stereocenters. The first-order valence-corrected chi connectivity index (χ1v) is 8.01. The molecule has 0 radical (unpaired) electrons. The van der Waals surface area contributed by atoms with Crippen molar-refractivity contribution in [1.29, 1.82) is 0 Å². The van der Waals surface area contributed by atoms with Crippen molar-refractivity contribution in [3.8, 4) is 28.3 Å². The number of methoxy groups -OCH3 is 1. The van der Waals surface area contributed by atoms with E-state index in [9.17, 15) is 0 Å². The largest absolute Gasteiger partial charge is 0.497 e. The van der Waals surface area contributed by atoms with Gasteiger partial charge in [0.25, 0.3) is 0 Å². The molecule has 0 spiro atoms. The number of hydrogen-bond acceptors (Lipinski definition) is 2. The molecule has 0 fully saturated rings. The summed E-state index contributed by atoms with van der Waals surface area (Å²) in [4.78, 5) is 7.93. The maximum absolute atomic E-state index is 6.28. The molecule has 4 heteroatoms. The Labute approximate surface area is 144 Å². The molecular weight excluding hydrogens is 320 g/mol. The quantitative estimate of drug-likeness (QED) is 0.532. The van der Waals surface area contributed by atoms with Crippen LogP contribution >= 0.6 is 11.6 Å². The van der Waals surface area contributed by atoms with Gasteiger partial charge in [-0.15, -0.1) is 0 Å². The smallest absolute Gasteiger partial charge is 0.138 e. The van der Waals surface area contributed by atoms with E-state index in [2.05, 4.69) is 46.4 Å². The van der Waals surface area contributed by atoms with Gasteiger partial charge >= 0.3 is 0 Å². The standard InChI is InChI=1S/C20H15ClN2O/c1-24-16-11-17(21)19-18(12-16)22-20(23-19)15-9-7-14(8-10-15)13-5-3-2-4-6-13/h2-12H,1H3,(H,22,23). The second kappa shape index (κ2) is 6.02. The van der Waals surface area contributed by atoms with E-state index in [4.69, 9.17) is 16.3 Å². The van der Waals surface area contributed by atoms with Crippen LogP contribution in [0.4, 0.5) is 0 Å². The SMILES string of the molecule is COc1cc(Cl)c2nc(-c3ccc(-c4ccccc4)cc3)[nH]c2c1. The third kappa shape index (κ3) is 2.63. The van der Waals surface area contributed by atoms with Gasteiger partial charge in [-0.1, -0.05) is 66.2 Å². The van der Waals surface area contributed by atoms with Gasteiger partial charge in [0.15, 0.2) is 0 Å². The summed E-state index contributed by atoms with van der Waals surface area (Å²) in [5.74, 6) is 1.50. The average Bonchev–Trinajstić information content (AvgIpc) is 3.07. The molecule has 24 heavy (non-hydrogen) atoms. The number of rotatable bonds is 3. The Balaban J connectivity index is 1.73. The van der Waals surface area contributed by atoms with Crippen LogP contribution in [0.15, 0.2) is 66.7 Å². The molecular formula is C20H15ClN2O. The van der Waals surface area contributed by atoms with Crippen molar-refractivity contribution in [3.05, 3.63) is 71.8 Å². The molecule has 0 aliphatic rings. The monoisotopic (exact) mass is 334 g/mol. The lowest BCUT2D eigenvalue weighted by Crippen LogP contribution is -1.82. The number of hydrogen-bond donors (Lipinski definition) is 1. The van der Waals surface area contributed by atoms with E-state index < -0.39 is 0 Å². The molecule has 3 nitrogen and oxygen atoms in total. The summed E-state index contributed by atoms with van der Waals surface area (Å²) in [5.41, 5.74) is 5.00. The number of aromatic amines is 1. The van der Waals surface area contributed by atoms with E-state index in [-0.39, 0.29) is 0 Å². The molecule has 4 aromatic rings. The Bertz CT molecular complexity index is 992. The number of ether oxygens (including phenoxy) is 1. The molecule has 0 bridgehead atoms. The van der Waals surface area contributed by atoms with Gasteiger partial charge in [-0.2, -0.15) is 0 Å². The van der Waals surface area contributed by atoms with Crippen LogP contribution in [-0.2, 0) is 0 Å². The summed E-state index contributed by atoms with van der Waals surface area (Å²) < 4.78 is 5.25. The van der Waals surface area contributed by atoms with Gasteiger partial charge in [-0.05, 0) is 11.1 Å². The Morgan fingerprint density at radius 1 is 0.875 bits per heavy atom. The van der Waals surface area contributed by atoms with Gasteiger partial charge in [0.1, 0.15) is 17.1 Å². The second-order valence-corrected chi connectivity index (χ2v) is 5.94. The van der Waals surface area contributed by atoms with E-state index in [0.717, 1.165) is 22.4 Å². The van der Waals surface area contributed by atoms with E-state index in [1.807, 2.05) is 24.3 Å². The number of fused-ring (bicyclic) bond motifs is 1. The van der Waals surface area contributed by atoms with Crippen molar-refractivity contribution in [2.45, 2.75) is 0 Å². The van der Waals surface area contributed by atoms with Crippen molar-refractivity contribution in [1.82, 2.24) is 9.97 Å². The highest BCUT2D eigenvalue weighted by atomic mass is 35.5. The minimum Gasteiger partial charge on any atom is -0.497 e. The molecule has 118 valence electrons. The summed E-state index contributed by atoms with van der Waals surface area (Å²) in [7, 11) is 1.62. The Kier molecular flexibility index (Phi) is 3.71. The molecule has 0 unspecified atom stereocenters. The number of H-pyrrole nitrogens is 1. The zero-order valence-corrected chi connectivity index (χ0v) is 13.8. The number of aromatic nitrogens is 2. The lowest BCUT2D eigenvalue weighted by molar-refractivity contribution is 0.415. The summed E-state index contributed by atoms with van der Waals surface area (Å²) in [6, 6.07) is 22.3. The van der Waals surface area contributed by atoms with Crippen molar-refractivity contribution in [3.63, 3.8) is 0 Å². The first-order valence-electron chi connectivity index (χ1n) is 7.64. The van der Waals surface area contributed by atoms with Crippen LogP contribution in [0, 0.1) is 0 Å². The van der Waals surface area contributed by atoms with Gasteiger partial charge in [-0.25, -0.2) is 4.98 Å². The number of halogens is 1. The van der Waals surface area contributed by atoms with E-state index >= 15 is 0 Å². The highest BCUT2D eigenvalue weighted by molar-refractivity contribution is 6.35. The molecule has 3 aromatic carbocycles. The third-order valence-electron chi connectivity index (χ3n) is 4.01. The van der Waals surface area contributed by atoms with Crippen molar-refractivity contribution >= 4 is 22.6 Å². The minimum absolute atomic E-state index is 0.577. The Hall–Kier alpha value is -2.78. The molecule has 0 saturated heterocycles. The fraction of sp³-hybridized carbons (Fsp3) is 0.0500. The average molecular weight is 335 g/mol. The van der Waals surface area contributed by atoms with Crippen molar-refractivity contribution in [2.24, 2.45) is 0 Å². The predicted octanol–water partition coefficient (Wildman–Crippen LogP) is 5.56. The molecule has 0 saturated carbocycles. The summed E-state index contributed by atoms with van der Waals surface area (Å²) >= 11 is 6.28. The fourth-order valence-electron chi connectivity index (χ4n) is 2.76. The third-order valence-corrected chi connectivity index (χ3v) is 4.30. The van der Waals surface area contributed by atoms with Crippen LogP contribution in [0.5, 0.6) is 5.75 Å². The van der Waals surface area contributed by atoms with E-state index in [1.54, 1.807) is 13.2 Å². The zero-order valence-electron chi connectivity index (χ0n) is 13.1. The normalized spacial score (nSPS) is 10.9. The topological polar surface area (TPSA) is 37.9 Å². The highest BCUT2D eigenvalue weighted by Gasteiger charge is 2.10. The highest BCUT2D eigenvalue weighted by Crippen LogP contribution is 2.30. The molecule has 1 N–H and O–H groups in total. The van der Waals surface area contributed by atoms with Crippen molar-refractivity contribution < 1.29 is 4.74 Å².